The van der Waals surface area contributed by atoms with Gasteiger partial charge in [0.2, 0.25) is 29.5 Å². The number of nitrogens with one attached hydrogen (secondary N) is 3. The van der Waals surface area contributed by atoms with Crippen LogP contribution in [0.3, 0.4) is 0 Å². The van der Waals surface area contributed by atoms with Crippen molar-refractivity contribution in [2.75, 3.05) is 18.4 Å². The minimum Gasteiger partial charge on any atom is -0.345 e. The SMILES string of the molecule is CC(C)C(=O)CCc1ccc(NC(=O)CNC(=O)C(NC(=O)CN2C(=O)CC(C(C)C)C2=O)C(C)C)cc1. The highest BCUT2D eigenvalue weighted by Crippen LogP contribution is 2.26. The highest BCUT2D eigenvalue weighted by Gasteiger charge is 2.41. The Balaban J connectivity index is 1.84. The van der Waals surface area contributed by atoms with E-state index in [-0.39, 0.29) is 42.4 Å². The Morgan fingerprint density at radius 2 is 1.58 bits per heavy atom. The molecule has 2 unspecified atom stereocenters. The van der Waals surface area contributed by atoms with E-state index in [0.717, 1.165) is 10.5 Å². The molecule has 3 N–H and O–H groups in total. The van der Waals surface area contributed by atoms with Crippen LogP contribution in [0, 0.1) is 23.7 Å². The van der Waals surface area contributed by atoms with E-state index < -0.39 is 42.1 Å². The molecule has 1 heterocycles. The number of rotatable bonds is 13. The zero-order valence-electron chi connectivity index (χ0n) is 23.1. The van der Waals surface area contributed by atoms with Gasteiger partial charge in [-0.2, -0.15) is 0 Å². The Morgan fingerprint density at radius 3 is 2.11 bits per heavy atom. The predicted octanol–water partition coefficient (Wildman–Crippen LogP) is 2.07. The van der Waals surface area contributed by atoms with Crippen molar-refractivity contribution >= 4 is 41.0 Å². The monoisotopic (exact) mass is 528 g/mol. The van der Waals surface area contributed by atoms with E-state index >= 15 is 0 Å². The number of aryl methyl sites for hydroxylation is 1. The van der Waals surface area contributed by atoms with Crippen molar-refractivity contribution in [1.29, 1.82) is 0 Å². The van der Waals surface area contributed by atoms with E-state index in [1.807, 2.05) is 39.8 Å². The van der Waals surface area contributed by atoms with Gasteiger partial charge in [-0.05, 0) is 36.0 Å². The Hall–Kier alpha value is -3.56. The molecule has 0 spiro atoms. The van der Waals surface area contributed by atoms with Gasteiger partial charge in [0.25, 0.3) is 0 Å². The van der Waals surface area contributed by atoms with Gasteiger partial charge in [-0.1, -0.05) is 53.7 Å². The van der Waals surface area contributed by atoms with Gasteiger partial charge in [0, 0.05) is 30.4 Å². The van der Waals surface area contributed by atoms with Crippen LogP contribution in [-0.4, -0.2) is 59.4 Å². The molecule has 10 heteroatoms. The first kappa shape index (κ1) is 30.7. The van der Waals surface area contributed by atoms with Crippen molar-refractivity contribution in [2.24, 2.45) is 23.7 Å². The van der Waals surface area contributed by atoms with Crippen LogP contribution in [0.4, 0.5) is 5.69 Å². The summed E-state index contributed by atoms with van der Waals surface area (Å²) in [6.45, 7) is 10.2. The summed E-state index contributed by atoms with van der Waals surface area (Å²) in [6, 6.07) is 6.20. The van der Waals surface area contributed by atoms with Crippen LogP contribution in [0.1, 0.15) is 59.9 Å². The molecule has 1 aliphatic rings. The number of likely N-dealkylation sites (tertiary alicyclic amines) is 1. The zero-order chi connectivity index (χ0) is 28.6. The second-order valence-electron chi connectivity index (χ2n) is 10.7. The predicted molar refractivity (Wildman–Crippen MR) is 143 cm³/mol. The first-order chi connectivity index (χ1) is 17.8. The van der Waals surface area contributed by atoms with E-state index in [4.69, 9.17) is 0 Å². The fourth-order valence-corrected chi connectivity index (χ4v) is 4.09. The van der Waals surface area contributed by atoms with Gasteiger partial charge in [-0.25, -0.2) is 0 Å². The molecule has 1 saturated heterocycles. The maximum atomic E-state index is 12.7. The quantitative estimate of drug-likeness (QED) is 0.335. The largest absolute Gasteiger partial charge is 0.345 e. The van der Waals surface area contributed by atoms with Crippen LogP contribution in [0.5, 0.6) is 0 Å². The van der Waals surface area contributed by atoms with Crippen molar-refractivity contribution in [3.05, 3.63) is 29.8 Å². The highest BCUT2D eigenvalue weighted by molar-refractivity contribution is 6.06. The average Bonchev–Trinajstić information content (AvgIpc) is 3.13. The number of carbonyl (C=O) groups excluding carboxylic acids is 6. The number of hydrogen-bond donors (Lipinski definition) is 3. The second kappa shape index (κ2) is 13.8. The van der Waals surface area contributed by atoms with Crippen molar-refractivity contribution in [2.45, 2.75) is 66.8 Å². The molecule has 1 aliphatic heterocycles. The van der Waals surface area contributed by atoms with E-state index in [1.54, 1.807) is 26.0 Å². The molecule has 10 nitrogen and oxygen atoms in total. The third kappa shape index (κ3) is 8.78. The number of ketones is 1. The Kier molecular flexibility index (Phi) is 11.2. The molecule has 5 amide bonds. The summed E-state index contributed by atoms with van der Waals surface area (Å²) in [4.78, 5) is 75.1. The van der Waals surface area contributed by atoms with Crippen molar-refractivity contribution < 1.29 is 28.8 Å². The summed E-state index contributed by atoms with van der Waals surface area (Å²) in [5.74, 6) is -2.94. The number of carbonyl (C=O) groups is 6. The highest BCUT2D eigenvalue weighted by atomic mass is 16.2. The van der Waals surface area contributed by atoms with E-state index in [1.165, 1.54) is 0 Å². The number of imide groups is 1. The smallest absolute Gasteiger partial charge is 0.243 e. The fraction of sp³-hybridized carbons (Fsp3) is 0.571. The number of amides is 5. The first-order valence-corrected chi connectivity index (χ1v) is 13.1. The van der Waals surface area contributed by atoms with Crippen molar-refractivity contribution in [1.82, 2.24) is 15.5 Å². The molecule has 0 aromatic heterocycles. The molecular weight excluding hydrogens is 488 g/mol. The lowest BCUT2D eigenvalue weighted by atomic mass is 9.94. The molecule has 0 bridgehead atoms. The lowest BCUT2D eigenvalue weighted by Gasteiger charge is -2.23. The summed E-state index contributed by atoms with van der Waals surface area (Å²) < 4.78 is 0. The van der Waals surface area contributed by atoms with Crippen molar-refractivity contribution in [3.63, 3.8) is 0 Å². The normalized spacial score (nSPS) is 16.2. The molecule has 2 rings (SSSR count). The minimum atomic E-state index is -0.947. The maximum Gasteiger partial charge on any atom is 0.243 e. The number of nitrogens with zero attached hydrogens (tertiary/aromatic N) is 1. The van der Waals surface area contributed by atoms with Gasteiger partial charge in [0.15, 0.2) is 0 Å². The third-order valence-corrected chi connectivity index (χ3v) is 6.62. The first-order valence-electron chi connectivity index (χ1n) is 13.1. The topological polar surface area (TPSA) is 142 Å². The summed E-state index contributed by atoms with van der Waals surface area (Å²) in [7, 11) is 0. The summed E-state index contributed by atoms with van der Waals surface area (Å²) >= 11 is 0. The van der Waals surface area contributed by atoms with Gasteiger partial charge in [0.05, 0.1) is 6.54 Å². The molecule has 1 aromatic rings. The molecule has 1 fully saturated rings. The number of Topliss-reactive ketones (excluding diaryl/α,β-unsaturated/α-hetero) is 1. The average molecular weight is 529 g/mol. The number of anilines is 1. The van der Waals surface area contributed by atoms with Gasteiger partial charge in [0.1, 0.15) is 18.4 Å². The van der Waals surface area contributed by atoms with E-state index in [9.17, 15) is 28.8 Å². The molecular formula is C28H40N4O6. The van der Waals surface area contributed by atoms with Crippen LogP contribution >= 0.6 is 0 Å². The van der Waals surface area contributed by atoms with Gasteiger partial charge >= 0.3 is 0 Å². The molecule has 38 heavy (non-hydrogen) atoms. The lowest BCUT2D eigenvalue weighted by Crippen LogP contribution is -2.53. The van der Waals surface area contributed by atoms with Crippen molar-refractivity contribution in [3.8, 4) is 0 Å². The van der Waals surface area contributed by atoms with Crippen LogP contribution in [0.25, 0.3) is 0 Å². The number of benzene rings is 1. The van der Waals surface area contributed by atoms with Crippen LogP contribution < -0.4 is 16.0 Å². The summed E-state index contributed by atoms with van der Waals surface area (Å²) in [5.41, 5.74) is 1.54. The fourth-order valence-electron chi connectivity index (χ4n) is 4.09. The molecule has 2 atom stereocenters. The Morgan fingerprint density at radius 1 is 0.947 bits per heavy atom. The van der Waals surface area contributed by atoms with Gasteiger partial charge in [-0.3, -0.25) is 33.7 Å². The summed E-state index contributed by atoms with van der Waals surface area (Å²) in [5, 5.41) is 7.81. The molecule has 0 radical (unpaired) electrons. The van der Waals surface area contributed by atoms with Gasteiger partial charge < -0.3 is 16.0 Å². The van der Waals surface area contributed by atoms with Crippen LogP contribution in [0.15, 0.2) is 24.3 Å². The summed E-state index contributed by atoms with van der Waals surface area (Å²) in [6.07, 6.45) is 1.17. The molecule has 1 aromatic carbocycles. The van der Waals surface area contributed by atoms with Gasteiger partial charge in [-0.15, -0.1) is 0 Å². The van der Waals surface area contributed by atoms with Crippen LogP contribution in [0.2, 0.25) is 0 Å². The van der Waals surface area contributed by atoms with E-state index in [0.29, 0.717) is 18.5 Å². The molecule has 0 aliphatic carbocycles. The molecule has 0 saturated carbocycles. The molecule has 208 valence electrons. The number of hydrogen-bond acceptors (Lipinski definition) is 6. The minimum absolute atomic E-state index is 0.00309. The Labute approximate surface area is 224 Å². The third-order valence-electron chi connectivity index (χ3n) is 6.62. The standard InChI is InChI=1S/C28H40N4O6/c1-16(2)21-13-25(36)32(28(21)38)15-24(35)31-26(18(5)6)27(37)29-14-23(34)30-20-10-7-19(8-11-20)9-12-22(33)17(3)4/h7-8,10-11,16-18,21,26H,9,12-15H2,1-6H3,(H,29,37)(H,30,34)(H,31,35). The van der Waals surface area contributed by atoms with Crippen LogP contribution in [-0.2, 0) is 35.2 Å². The lowest BCUT2D eigenvalue weighted by molar-refractivity contribution is -0.144. The second-order valence-corrected chi connectivity index (χ2v) is 10.7. The van der Waals surface area contributed by atoms with E-state index in [2.05, 4.69) is 16.0 Å². The Bertz CT molecular complexity index is 1050. The zero-order valence-corrected chi connectivity index (χ0v) is 23.1. The maximum absolute atomic E-state index is 12.7.